The minimum absolute atomic E-state index is 0.0623. The van der Waals surface area contributed by atoms with Crippen LogP contribution in [0.3, 0.4) is 0 Å². The summed E-state index contributed by atoms with van der Waals surface area (Å²) in [5, 5.41) is 9.24. The molecule has 0 radical (unpaired) electrons. The van der Waals surface area contributed by atoms with Gasteiger partial charge in [-0.3, -0.25) is 4.99 Å². The van der Waals surface area contributed by atoms with E-state index < -0.39 is 10.0 Å². The fourth-order valence-electron chi connectivity index (χ4n) is 3.26. The van der Waals surface area contributed by atoms with E-state index in [9.17, 15) is 8.42 Å². The van der Waals surface area contributed by atoms with Gasteiger partial charge in [0.2, 0.25) is 5.96 Å². The standard InChI is InChI=1S/C21H18Cl2N4O2S2/c1-24-21(26-31(28,29)17-9-7-15(22)8-10-17)27-12-18(14-5-3-2-4-6-14)20(25-27)19-11-16(23)13-30-19/h2-11,13,18H,12H2,1H3,(H,24,26). The summed E-state index contributed by atoms with van der Waals surface area (Å²) in [6, 6.07) is 17.7. The summed E-state index contributed by atoms with van der Waals surface area (Å²) in [6.45, 7) is 0.435. The molecule has 0 saturated carbocycles. The molecule has 2 aromatic carbocycles. The third-order valence-corrected chi connectivity index (χ3v) is 7.64. The summed E-state index contributed by atoms with van der Waals surface area (Å²) < 4.78 is 28.2. The molecule has 4 rings (SSSR count). The molecular weight excluding hydrogens is 475 g/mol. The molecule has 10 heteroatoms. The molecule has 0 fully saturated rings. The van der Waals surface area contributed by atoms with Crippen LogP contribution >= 0.6 is 34.5 Å². The van der Waals surface area contributed by atoms with Crippen molar-refractivity contribution < 1.29 is 8.42 Å². The van der Waals surface area contributed by atoms with Gasteiger partial charge in [0.15, 0.2) is 0 Å². The summed E-state index contributed by atoms with van der Waals surface area (Å²) in [7, 11) is -2.33. The first-order valence-electron chi connectivity index (χ1n) is 9.28. The molecule has 0 aliphatic carbocycles. The van der Waals surface area contributed by atoms with Gasteiger partial charge in [-0.05, 0) is 35.9 Å². The summed E-state index contributed by atoms with van der Waals surface area (Å²) >= 11 is 13.5. The van der Waals surface area contributed by atoms with Crippen molar-refractivity contribution in [1.29, 1.82) is 0 Å². The van der Waals surface area contributed by atoms with E-state index in [0.717, 1.165) is 16.2 Å². The number of halogens is 2. The minimum Gasteiger partial charge on any atom is -0.254 e. The van der Waals surface area contributed by atoms with Crippen molar-refractivity contribution in [2.45, 2.75) is 10.8 Å². The van der Waals surface area contributed by atoms with Gasteiger partial charge in [0.05, 0.1) is 27.1 Å². The molecule has 160 valence electrons. The molecule has 0 spiro atoms. The molecular formula is C21H18Cl2N4O2S2. The van der Waals surface area contributed by atoms with Gasteiger partial charge in [-0.15, -0.1) is 11.3 Å². The van der Waals surface area contributed by atoms with Crippen LogP contribution in [-0.2, 0) is 10.0 Å². The fraction of sp³-hybridized carbons (Fsp3) is 0.143. The van der Waals surface area contributed by atoms with E-state index in [4.69, 9.17) is 28.3 Å². The normalized spacial score (nSPS) is 17.0. The van der Waals surface area contributed by atoms with Crippen LogP contribution in [0.25, 0.3) is 0 Å². The second kappa shape index (κ2) is 9.00. The zero-order valence-corrected chi connectivity index (χ0v) is 19.5. The quantitative estimate of drug-likeness (QED) is 0.418. The predicted molar refractivity (Wildman–Crippen MR) is 127 cm³/mol. The molecule has 0 saturated heterocycles. The van der Waals surface area contributed by atoms with Crippen molar-refractivity contribution in [2.24, 2.45) is 10.1 Å². The number of sulfonamides is 1. The van der Waals surface area contributed by atoms with E-state index >= 15 is 0 Å². The predicted octanol–water partition coefficient (Wildman–Crippen LogP) is 4.82. The Morgan fingerprint density at radius 2 is 1.84 bits per heavy atom. The highest BCUT2D eigenvalue weighted by atomic mass is 35.5. The highest BCUT2D eigenvalue weighted by Crippen LogP contribution is 2.32. The lowest BCUT2D eigenvalue weighted by Crippen LogP contribution is -2.41. The van der Waals surface area contributed by atoms with Crippen LogP contribution in [0.2, 0.25) is 10.0 Å². The molecule has 1 aliphatic rings. The molecule has 31 heavy (non-hydrogen) atoms. The van der Waals surface area contributed by atoms with Gasteiger partial charge >= 0.3 is 0 Å². The first-order valence-corrected chi connectivity index (χ1v) is 12.4. The Hall–Kier alpha value is -2.39. The van der Waals surface area contributed by atoms with Gasteiger partial charge in [-0.2, -0.15) is 5.10 Å². The summed E-state index contributed by atoms with van der Waals surface area (Å²) in [6.07, 6.45) is 0. The average Bonchev–Trinajstić information content (AvgIpc) is 3.39. The largest absolute Gasteiger partial charge is 0.264 e. The molecule has 3 aromatic rings. The number of guanidine groups is 1. The van der Waals surface area contributed by atoms with Crippen LogP contribution in [0.4, 0.5) is 0 Å². The van der Waals surface area contributed by atoms with E-state index in [1.165, 1.54) is 42.6 Å². The Kier molecular flexibility index (Phi) is 6.34. The van der Waals surface area contributed by atoms with E-state index in [2.05, 4.69) is 9.71 Å². The Morgan fingerprint density at radius 3 is 2.45 bits per heavy atom. The number of benzene rings is 2. The first-order chi connectivity index (χ1) is 14.9. The fourth-order valence-corrected chi connectivity index (χ4v) is 5.55. The third kappa shape index (κ3) is 4.77. The molecule has 2 heterocycles. The van der Waals surface area contributed by atoms with Crippen molar-refractivity contribution >= 4 is 56.2 Å². The summed E-state index contributed by atoms with van der Waals surface area (Å²) in [5.41, 5.74) is 1.89. The Bertz CT molecular complexity index is 1240. The molecule has 6 nitrogen and oxygen atoms in total. The molecule has 1 aliphatic heterocycles. The number of nitrogens with zero attached hydrogens (tertiary/aromatic N) is 3. The Balaban J connectivity index is 1.66. The van der Waals surface area contributed by atoms with Crippen LogP contribution in [0, 0.1) is 0 Å². The molecule has 0 bridgehead atoms. The molecule has 1 aromatic heterocycles. The minimum atomic E-state index is -3.85. The lowest BCUT2D eigenvalue weighted by Gasteiger charge is -2.19. The third-order valence-electron chi connectivity index (χ3n) is 4.74. The highest BCUT2D eigenvalue weighted by Gasteiger charge is 2.33. The van der Waals surface area contributed by atoms with Gasteiger partial charge in [-0.25, -0.2) is 18.1 Å². The smallest absolute Gasteiger partial charge is 0.254 e. The number of aliphatic imine (C=N–C) groups is 1. The van der Waals surface area contributed by atoms with E-state index in [-0.39, 0.29) is 16.8 Å². The number of nitrogens with one attached hydrogen (secondary N) is 1. The SMILES string of the molecule is CN=C(NS(=O)(=O)c1ccc(Cl)cc1)N1CC(c2ccccc2)C(c2cc(Cl)cs2)=N1. The Morgan fingerprint density at radius 1 is 1.13 bits per heavy atom. The molecule has 0 amide bonds. The molecule has 1 N–H and O–H groups in total. The van der Waals surface area contributed by atoms with E-state index in [0.29, 0.717) is 16.6 Å². The monoisotopic (exact) mass is 492 g/mol. The van der Waals surface area contributed by atoms with Crippen molar-refractivity contribution in [3.8, 4) is 0 Å². The summed E-state index contributed by atoms with van der Waals surface area (Å²) in [5.74, 6) is 0.0706. The van der Waals surface area contributed by atoms with Crippen LogP contribution in [0.1, 0.15) is 16.4 Å². The zero-order valence-electron chi connectivity index (χ0n) is 16.4. The number of thiophene rings is 1. The van der Waals surface area contributed by atoms with Crippen LogP contribution in [0.5, 0.6) is 0 Å². The van der Waals surface area contributed by atoms with E-state index in [1.54, 1.807) is 5.01 Å². The lowest BCUT2D eigenvalue weighted by atomic mass is 9.94. The number of hydrogen-bond donors (Lipinski definition) is 1. The second-order valence-corrected chi connectivity index (χ2v) is 10.2. The average molecular weight is 493 g/mol. The van der Waals surface area contributed by atoms with Crippen molar-refractivity contribution in [3.63, 3.8) is 0 Å². The van der Waals surface area contributed by atoms with E-state index in [1.807, 2.05) is 41.8 Å². The zero-order chi connectivity index (χ0) is 22.0. The highest BCUT2D eigenvalue weighted by molar-refractivity contribution is 7.90. The second-order valence-electron chi connectivity index (χ2n) is 6.77. The van der Waals surface area contributed by atoms with Crippen molar-refractivity contribution in [2.75, 3.05) is 13.6 Å². The van der Waals surface area contributed by atoms with Crippen LogP contribution < -0.4 is 4.72 Å². The van der Waals surface area contributed by atoms with Gasteiger partial charge in [0, 0.05) is 23.4 Å². The van der Waals surface area contributed by atoms with Crippen LogP contribution in [-0.4, -0.2) is 38.7 Å². The Labute approximate surface area is 194 Å². The van der Waals surface area contributed by atoms with Gasteiger partial charge in [-0.1, -0.05) is 53.5 Å². The maximum absolute atomic E-state index is 12.9. The lowest BCUT2D eigenvalue weighted by molar-refractivity contribution is 0.462. The number of rotatable bonds is 4. The number of hydrazone groups is 1. The number of hydrogen-bond acceptors (Lipinski definition) is 5. The van der Waals surface area contributed by atoms with Gasteiger partial charge in [0.1, 0.15) is 0 Å². The summed E-state index contributed by atoms with van der Waals surface area (Å²) in [4.78, 5) is 5.17. The molecule has 1 unspecified atom stereocenters. The first kappa shape index (κ1) is 21.8. The topological polar surface area (TPSA) is 74.1 Å². The van der Waals surface area contributed by atoms with Gasteiger partial charge in [0.25, 0.3) is 10.0 Å². The van der Waals surface area contributed by atoms with Gasteiger partial charge < -0.3 is 0 Å². The van der Waals surface area contributed by atoms with Crippen molar-refractivity contribution in [3.05, 3.63) is 86.5 Å². The maximum Gasteiger partial charge on any atom is 0.264 e. The molecule has 1 atom stereocenters. The van der Waals surface area contributed by atoms with Crippen LogP contribution in [0.15, 0.2) is 81.0 Å². The van der Waals surface area contributed by atoms with Crippen molar-refractivity contribution in [1.82, 2.24) is 9.73 Å². The maximum atomic E-state index is 12.9.